The highest BCUT2D eigenvalue weighted by atomic mass is 19.1. The lowest BCUT2D eigenvalue weighted by Crippen LogP contribution is -2.34. The number of benzene rings is 2. The van der Waals surface area contributed by atoms with Gasteiger partial charge in [-0.15, -0.1) is 0 Å². The molecule has 1 aliphatic heterocycles. The monoisotopic (exact) mass is 438 g/mol. The summed E-state index contributed by atoms with van der Waals surface area (Å²) in [5, 5.41) is 12.0. The summed E-state index contributed by atoms with van der Waals surface area (Å²) in [7, 11) is 0. The molecule has 5 nitrogen and oxygen atoms in total. The zero-order valence-corrected chi connectivity index (χ0v) is 18.4. The van der Waals surface area contributed by atoms with E-state index in [1.54, 1.807) is 24.5 Å². The molecule has 33 heavy (non-hydrogen) atoms. The first-order valence-corrected chi connectivity index (χ1v) is 11.1. The minimum Gasteiger partial charge on any atom is -0.358 e. The molecule has 0 amide bonds. The maximum Gasteiger partial charge on any atom is 0.162 e. The van der Waals surface area contributed by atoms with Crippen LogP contribution in [0.15, 0.2) is 72.2 Å². The standard InChI is InChI=1S/C27H23FN4O/c1-27(2)12-21-25(22(33)13-27)24(18-14-30-32-26(18)15-5-7-16(28)8-6-15)23-17-4-3-11-29-19(17)9-10-20(23)31-21/h3-11,14,24,31H,12-13H2,1-2H3,(H,30,32)/t24-/m0/s1. The number of H-pyrrole nitrogens is 1. The van der Waals surface area contributed by atoms with Crippen LogP contribution in [-0.2, 0) is 4.79 Å². The van der Waals surface area contributed by atoms with Crippen molar-refractivity contribution >= 4 is 22.4 Å². The van der Waals surface area contributed by atoms with Crippen LogP contribution in [0.3, 0.4) is 0 Å². The van der Waals surface area contributed by atoms with Crippen molar-refractivity contribution in [2.24, 2.45) is 5.41 Å². The van der Waals surface area contributed by atoms with Crippen molar-refractivity contribution in [1.29, 1.82) is 0 Å². The van der Waals surface area contributed by atoms with Gasteiger partial charge < -0.3 is 5.32 Å². The van der Waals surface area contributed by atoms with Gasteiger partial charge in [-0.3, -0.25) is 14.9 Å². The van der Waals surface area contributed by atoms with Crippen LogP contribution >= 0.6 is 0 Å². The highest BCUT2D eigenvalue weighted by Gasteiger charge is 2.42. The Morgan fingerprint density at radius 3 is 2.70 bits per heavy atom. The average molecular weight is 439 g/mol. The zero-order valence-electron chi connectivity index (χ0n) is 18.4. The first-order chi connectivity index (χ1) is 15.9. The number of pyridine rings is 1. The van der Waals surface area contributed by atoms with E-state index in [0.29, 0.717) is 6.42 Å². The van der Waals surface area contributed by atoms with E-state index in [-0.39, 0.29) is 22.9 Å². The van der Waals surface area contributed by atoms with Gasteiger partial charge in [0.15, 0.2) is 5.78 Å². The van der Waals surface area contributed by atoms with Crippen LogP contribution in [0.2, 0.25) is 0 Å². The van der Waals surface area contributed by atoms with E-state index < -0.39 is 0 Å². The van der Waals surface area contributed by atoms with Gasteiger partial charge in [0.25, 0.3) is 0 Å². The van der Waals surface area contributed by atoms with Gasteiger partial charge in [-0.2, -0.15) is 5.10 Å². The Kier molecular flexibility index (Phi) is 4.27. The van der Waals surface area contributed by atoms with Crippen LogP contribution in [0.25, 0.3) is 22.2 Å². The zero-order chi connectivity index (χ0) is 22.7. The van der Waals surface area contributed by atoms with Gasteiger partial charge in [-0.25, -0.2) is 4.39 Å². The number of carbonyl (C=O) groups excluding carboxylic acids is 1. The molecule has 0 saturated heterocycles. The molecule has 2 N–H and O–H groups in total. The topological polar surface area (TPSA) is 70.7 Å². The van der Waals surface area contributed by atoms with Gasteiger partial charge >= 0.3 is 0 Å². The number of halogens is 1. The molecule has 1 aliphatic carbocycles. The molecular weight excluding hydrogens is 415 g/mol. The highest BCUT2D eigenvalue weighted by Crippen LogP contribution is 2.51. The lowest BCUT2D eigenvalue weighted by molar-refractivity contribution is -0.118. The van der Waals surface area contributed by atoms with Gasteiger partial charge in [-0.05, 0) is 59.9 Å². The van der Waals surface area contributed by atoms with E-state index in [4.69, 9.17) is 0 Å². The molecule has 6 heteroatoms. The number of ketones is 1. The average Bonchev–Trinajstić information content (AvgIpc) is 3.26. The second kappa shape index (κ2) is 7.10. The van der Waals surface area contributed by atoms with Gasteiger partial charge in [-0.1, -0.05) is 19.9 Å². The Morgan fingerprint density at radius 2 is 1.88 bits per heavy atom. The lowest BCUT2D eigenvalue weighted by atomic mass is 9.68. The lowest BCUT2D eigenvalue weighted by Gasteiger charge is -2.39. The third-order valence-corrected chi connectivity index (χ3v) is 6.72. The summed E-state index contributed by atoms with van der Waals surface area (Å²) in [4.78, 5) is 18.1. The summed E-state index contributed by atoms with van der Waals surface area (Å²) in [5.41, 5.74) is 7.06. The number of aromatic nitrogens is 3. The molecule has 164 valence electrons. The van der Waals surface area contributed by atoms with Gasteiger partial charge in [0, 0.05) is 52.0 Å². The van der Waals surface area contributed by atoms with Gasteiger partial charge in [0.05, 0.1) is 17.4 Å². The van der Waals surface area contributed by atoms with Crippen molar-refractivity contribution < 1.29 is 9.18 Å². The second-order valence-corrected chi connectivity index (χ2v) is 9.70. The minimum absolute atomic E-state index is 0.112. The van der Waals surface area contributed by atoms with Gasteiger partial charge in [0.1, 0.15) is 5.82 Å². The van der Waals surface area contributed by atoms with E-state index in [1.807, 2.05) is 18.2 Å². The number of hydrogen-bond acceptors (Lipinski definition) is 4. The van der Waals surface area contributed by atoms with Crippen LogP contribution < -0.4 is 5.32 Å². The predicted octanol–water partition coefficient (Wildman–Crippen LogP) is 5.96. The molecule has 0 spiro atoms. The van der Waals surface area contributed by atoms with Crippen molar-refractivity contribution in [2.75, 3.05) is 5.32 Å². The summed E-state index contributed by atoms with van der Waals surface area (Å²) in [5.74, 6) is -0.443. The molecule has 2 aliphatic rings. The number of hydrogen-bond donors (Lipinski definition) is 2. The van der Waals surface area contributed by atoms with Crippen LogP contribution in [-0.4, -0.2) is 21.0 Å². The summed E-state index contributed by atoms with van der Waals surface area (Å²) in [6, 6.07) is 14.4. The second-order valence-electron chi connectivity index (χ2n) is 9.70. The van der Waals surface area contributed by atoms with E-state index in [2.05, 4.69) is 40.4 Å². The Hall–Kier alpha value is -3.80. The molecule has 2 aromatic heterocycles. The van der Waals surface area contributed by atoms with Crippen molar-refractivity contribution in [1.82, 2.24) is 15.2 Å². The van der Waals surface area contributed by atoms with Crippen LogP contribution in [0, 0.1) is 11.2 Å². The summed E-state index contributed by atoms with van der Waals surface area (Å²) >= 11 is 0. The fraction of sp³-hybridized carbons (Fsp3) is 0.222. The Balaban J connectivity index is 1.64. The number of fused-ring (bicyclic) bond motifs is 3. The number of rotatable bonds is 2. The maximum absolute atomic E-state index is 13.6. The molecule has 0 unspecified atom stereocenters. The number of carbonyl (C=O) groups is 1. The number of nitrogens with zero attached hydrogens (tertiary/aromatic N) is 2. The SMILES string of the molecule is CC1(C)CC(=O)C2=C(C1)Nc1ccc3ncccc3c1[C@@H]2c1cn[nH]c1-c1ccc(F)cc1. The molecule has 0 radical (unpaired) electrons. The number of Topliss-reactive ketones (excluding diaryl/α,β-unsaturated/α-hetero) is 1. The van der Waals surface area contributed by atoms with Crippen molar-refractivity contribution in [2.45, 2.75) is 32.6 Å². The molecule has 0 fully saturated rings. The van der Waals surface area contributed by atoms with E-state index in [9.17, 15) is 9.18 Å². The van der Waals surface area contributed by atoms with Gasteiger partial charge in [0.2, 0.25) is 0 Å². The number of anilines is 1. The molecule has 2 aromatic carbocycles. The summed E-state index contributed by atoms with van der Waals surface area (Å²) < 4.78 is 13.6. The quantitative estimate of drug-likeness (QED) is 0.405. The fourth-order valence-corrected chi connectivity index (χ4v) is 5.36. The molecule has 1 atom stereocenters. The Bertz CT molecular complexity index is 1450. The third kappa shape index (κ3) is 3.17. The van der Waals surface area contributed by atoms with Crippen molar-refractivity contribution in [3.63, 3.8) is 0 Å². The molecule has 3 heterocycles. The minimum atomic E-state index is -0.299. The van der Waals surface area contributed by atoms with Crippen LogP contribution in [0.5, 0.6) is 0 Å². The molecule has 6 rings (SSSR count). The number of nitrogens with one attached hydrogen (secondary N) is 2. The normalized spacial score (nSPS) is 19.2. The van der Waals surface area contributed by atoms with E-state index in [1.165, 1.54) is 12.1 Å². The third-order valence-electron chi connectivity index (χ3n) is 6.72. The Labute approximate surface area is 190 Å². The predicted molar refractivity (Wildman–Crippen MR) is 126 cm³/mol. The molecule has 4 aromatic rings. The smallest absolute Gasteiger partial charge is 0.162 e. The van der Waals surface area contributed by atoms with Crippen LogP contribution in [0.1, 0.15) is 43.7 Å². The first-order valence-electron chi connectivity index (χ1n) is 11.1. The van der Waals surface area contributed by atoms with Crippen LogP contribution in [0.4, 0.5) is 10.1 Å². The molecule has 0 saturated carbocycles. The highest BCUT2D eigenvalue weighted by molar-refractivity contribution is 6.04. The summed E-state index contributed by atoms with van der Waals surface area (Å²) in [6.45, 7) is 4.26. The summed E-state index contributed by atoms with van der Waals surface area (Å²) in [6.07, 6.45) is 4.86. The number of allylic oxidation sites excluding steroid dienone is 2. The largest absolute Gasteiger partial charge is 0.358 e. The van der Waals surface area contributed by atoms with Crippen molar-refractivity contribution in [3.05, 3.63) is 89.1 Å². The first kappa shape index (κ1) is 19.9. The molecule has 0 bridgehead atoms. The molecular formula is C27H23FN4O. The maximum atomic E-state index is 13.6. The number of aromatic amines is 1. The van der Waals surface area contributed by atoms with Crippen molar-refractivity contribution in [3.8, 4) is 11.3 Å². The van der Waals surface area contributed by atoms with E-state index in [0.717, 1.165) is 56.7 Å². The Morgan fingerprint density at radius 1 is 1.06 bits per heavy atom. The fourth-order valence-electron chi connectivity index (χ4n) is 5.36. The van der Waals surface area contributed by atoms with E-state index >= 15 is 0 Å².